The maximum absolute atomic E-state index is 12.9. The zero-order valence-corrected chi connectivity index (χ0v) is 16.6. The monoisotopic (exact) mass is 390 g/mol. The normalized spacial score (nSPS) is 14.7. The molecule has 150 valence electrons. The Morgan fingerprint density at radius 3 is 2.69 bits per heavy atom. The molecule has 1 saturated carbocycles. The van der Waals surface area contributed by atoms with Gasteiger partial charge in [0.2, 0.25) is 5.82 Å². The van der Waals surface area contributed by atoms with E-state index >= 15 is 0 Å². The van der Waals surface area contributed by atoms with Crippen LogP contribution >= 0.6 is 0 Å². The average Bonchev–Trinajstić information content (AvgIpc) is 3.13. The van der Waals surface area contributed by atoms with E-state index in [0.717, 1.165) is 36.8 Å². The van der Waals surface area contributed by atoms with Gasteiger partial charge in [-0.2, -0.15) is 0 Å². The van der Waals surface area contributed by atoms with Crippen molar-refractivity contribution in [3.05, 3.63) is 71.3 Å². The number of aromatic nitrogens is 2. The second kappa shape index (κ2) is 8.47. The molecule has 2 N–H and O–H groups in total. The molecule has 2 amide bonds. The Hall–Kier alpha value is -3.15. The number of hydrogen-bond acceptors (Lipinski definition) is 3. The summed E-state index contributed by atoms with van der Waals surface area (Å²) in [7, 11) is 0. The van der Waals surface area contributed by atoms with Crippen molar-refractivity contribution < 1.29 is 9.59 Å². The van der Waals surface area contributed by atoms with Gasteiger partial charge in [0.15, 0.2) is 5.69 Å². The molecule has 0 spiro atoms. The zero-order chi connectivity index (χ0) is 20.2. The molecule has 1 aliphatic carbocycles. The van der Waals surface area contributed by atoms with Gasteiger partial charge in [0, 0.05) is 18.8 Å². The van der Waals surface area contributed by atoms with E-state index < -0.39 is 0 Å². The summed E-state index contributed by atoms with van der Waals surface area (Å²) < 4.78 is 1.68. The predicted octanol–water partition coefficient (Wildman–Crippen LogP) is 3.64. The standard InChI is InChI=1S/C23H26N4O2/c1-16-8-7-9-17(14-16)15-24-23(29)21-26-20(19-12-5-6-13-27(19)21)22(28)25-18-10-3-2-4-11-18/h5-9,12-14,18H,2-4,10-11,15H2,1H3,(H,24,29)(H,25,28). The van der Waals surface area contributed by atoms with E-state index in [1.165, 1.54) is 6.42 Å². The Labute approximate surface area is 170 Å². The van der Waals surface area contributed by atoms with E-state index in [1.807, 2.05) is 49.4 Å². The molecule has 1 aliphatic rings. The van der Waals surface area contributed by atoms with E-state index in [4.69, 9.17) is 0 Å². The van der Waals surface area contributed by atoms with Gasteiger partial charge >= 0.3 is 0 Å². The van der Waals surface area contributed by atoms with Crippen molar-refractivity contribution in [2.24, 2.45) is 0 Å². The van der Waals surface area contributed by atoms with Crippen molar-refractivity contribution in [2.75, 3.05) is 0 Å². The summed E-state index contributed by atoms with van der Waals surface area (Å²) in [6, 6.07) is 13.7. The van der Waals surface area contributed by atoms with Crippen LogP contribution in [0.2, 0.25) is 0 Å². The molecule has 2 heterocycles. The molecule has 2 aromatic heterocycles. The van der Waals surface area contributed by atoms with Crippen molar-refractivity contribution in [2.45, 2.75) is 51.6 Å². The van der Waals surface area contributed by atoms with Gasteiger partial charge in [0.25, 0.3) is 11.8 Å². The van der Waals surface area contributed by atoms with Crippen LogP contribution < -0.4 is 10.6 Å². The number of carbonyl (C=O) groups is 2. The van der Waals surface area contributed by atoms with Crippen molar-refractivity contribution >= 4 is 17.3 Å². The van der Waals surface area contributed by atoms with Crippen LogP contribution in [0.15, 0.2) is 48.7 Å². The first kappa shape index (κ1) is 19.2. The Morgan fingerprint density at radius 2 is 1.90 bits per heavy atom. The largest absolute Gasteiger partial charge is 0.348 e. The highest BCUT2D eigenvalue weighted by atomic mass is 16.2. The van der Waals surface area contributed by atoms with Crippen LogP contribution in [0.5, 0.6) is 0 Å². The predicted molar refractivity (Wildman–Crippen MR) is 112 cm³/mol. The molecule has 0 saturated heterocycles. The van der Waals surface area contributed by atoms with Crippen LogP contribution in [-0.2, 0) is 6.54 Å². The third kappa shape index (κ3) is 4.31. The summed E-state index contributed by atoms with van der Waals surface area (Å²) in [5.41, 5.74) is 3.11. The fraction of sp³-hybridized carbons (Fsp3) is 0.348. The number of hydrogen-bond donors (Lipinski definition) is 2. The number of imidazole rings is 1. The molecule has 1 aromatic carbocycles. The molecule has 1 fully saturated rings. The van der Waals surface area contributed by atoms with Gasteiger partial charge in [0.1, 0.15) is 0 Å². The summed E-state index contributed by atoms with van der Waals surface area (Å²) in [6.45, 7) is 2.43. The number of benzene rings is 1. The van der Waals surface area contributed by atoms with Gasteiger partial charge in [-0.25, -0.2) is 4.98 Å². The highest BCUT2D eigenvalue weighted by Crippen LogP contribution is 2.19. The van der Waals surface area contributed by atoms with Crippen LogP contribution in [0.3, 0.4) is 0 Å². The van der Waals surface area contributed by atoms with Gasteiger partial charge in [-0.3, -0.25) is 14.0 Å². The van der Waals surface area contributed by atoms with Crippen LogP contribution in [0, 0.1) is 6.92 Å². The van der Waals surface area contributed by atoms with Crippen LogP contribution in [0.4, 0.5) is 0 Å². The number of nitrogens with one attached hydrogen (secondary N) is 2. The van der Waals surface area contributed by atoms with E-state index in [2.05, 4.69) is 15.6 Å². The Morgan fingerprint density at radius 1 is 1.07 bits per heavy atom. The highest BCUT2D eigenvalue weighted by molar-refractivity contribution is 6.02. The van der Waals surface area contributed by atoms with Gasteiger partial charge in [-0.05, 0) is 37.5 Å². The van der Waals surface area contributed by atoms with Gasteiger partial charge in [-0.15, -0.1) is 0 Å². The van der Waals surface area contributed by atoms with E-state index in [-0.39, 0.29) is 23.7 Å². The number of nitrogens with zero attached hydrogens (tertiary/aromatic N) is 2. The SMILES string of the molecule is Cc1cccc(CNC(=O)c2nc(C(=O)NC3CCCCC3)c3ccccn23)c1. The van der Waals surface area contributed by atoms with E-state index in [0.29, 0.717) is 17.8 Å². The molecular formula is C23H26N4O2. The van der Waals surface area contributed by atoms with E-state index in [1.54, 1.807) is 10.6 Å². The zero-order valence-electron chi connectivity index (χ0n) is 16.6. The quantitative estimate of drug-likeness (QED) is 0.698. The van der Waals surface area contributed by atoms with Gasteiger partial charge < -0.3 is 10.6 Å². The lowest BCUT2D eigenvalue weighted by Crippen LogP contribution is -2.36. The van der Waals surface area contributed by atoms with Crippen molar-refractivity contribution in [1.82, 2.24) is 20.0 Å². The van der Waals surface area contributed by atoms with E-state index in [9.17, 15) is 9.59 Å². The number of pyridine rings is 1. The molecular weight excluding hydrogens is 364 g/mol. The Kier molecular flexibility index (Phi) is 5.60. The first-order chi connectivity index (χ1) is 14.1. The first-order valence-electron chi connectivity index (χ1n) is 10.2. The number of aryl methyl sites for hydroxylation is 1. The third-order valence-electron chi connectivity index (χ3n) is 5.44. The molecule has 29 heavy (non-hydrogen) atoms. The summed E-state index contributed by atoms with van der Waals surface area (Å²) in [5.74, 6) is -0.287. The summed E-state index contributed by atoms with van der Waals surface area (Å²) in [5, 5.41) is 6.01. The summed E-state index contributed by atoms with van der Waals surface area (Å²) in [6.07, 6.45) is 7.28. The van der Waals surface area contributed by atoms with Crippen molar-refractivity contribution in [1.29, 1.82) is 0 Å². The minimum Gasteiger partial charge on any atom is -0.348 e. The molecule has 0 aliphatic heterocycles. The second-order valence-electron chi connectivity index (χ2n) is 7.72. The number of amides is 2. The van der Waals surface area contributed by atoms with Crippen LogP contribution in [0.25, 0.3) is 5.52 Å². The number of rotatable bonds is 5. The molecule has 3 aromatic rings. The maximum Gasteiger partial charge on any atom is 0.287 e. The molecule has 0 bridgehead atoms. The number of carbonyl (C=O) groups excluding carboxylic acids is 2. The lowest BCUT2D eigenvalue weighted by atomic mass is 9.95. The van der Waals surface area contributed by atoms with Crippen molar-refractivity contribution in [3.63, 3.8) is 0 Å². The lowest BCUT2D eigenvalue weighted by Gasteiger charge is -2.22. The Balaban J connectivity index is 1.54. The summed E-state index contributed by atoms with van der Waals surface area (Å²) >= 11 is 0. The Bertz CT molecular complexity index is 1030. The second-order valence-corrected chi connectivity index (χ2v) is 7.72. The minimum atomic E-state index is -0.301. The smallest absolute Gasteiger partial charge is 0.287 e. The fourth-order valence-corrected chi connectivity index (χ4v) is 3.95. The topological polar surface area (TPSA) is 75.5 Å². The van der Waals surface area contributed by atoms with Crippen LogP contribution in [0.1, 0.15) is 64.3 Å². The number of fused-ring (bicyclic) bond motifs is 1. The van der Waals surface area contributed by atoms with Crippen LogP contribution in [-0.4, -0.2) is 27.2 Å². The lowest BCUT2D eigenvalue weighted by molar-refractivity contribution is 0.0925. The van der Waals surface area contributed by atoms with Gasteiger partial charge in [0.05, 0.1) is 5.52 Å². The first-order valence-corrected chi connectivity index (χ1v) is 10.2. The molecule has 0 atom stereocenters. The maximum atomic E-state index is 12.9. The summed E-state index contributed by atoms with van der Waals surface area (Å²) in [4.78, 5) is 30.1. The van der Waals surface area contributed by atoms with Crippen molar-refractivity contribution in [3.8, 4) is 0 Å². The van der Waals surface area contributed by atoms with Gasteiger partial charge in [-0.1, -0.05) is 55.2 Å². The fourth-order valence-electron chi connectivity index (χ4n) is 3.95. The molecule has 6 heteroatoms. The molecule has 0 unspecified atom stereocenters. The highest BCUT2D eigenvalue weighted by Gasteiger charge is 2.23. The minimum absolute atomic E-state index is 0.190. The molecule has 6 nitrogen and oxygen atoms in total. The molecule has 0 radical (unpaired) electrons. The molecule has 4 rings (SSSR count). The third-order valence-corrected chi connectivity index (χ3v) is 5.44. The average molecular weight is 390 g/mol.